The zero-order valence-electron chi connectivity index (χ0n) is 11.4. The van der Waals surface area contributed by atoms with Crippen molar-refractivity contribution in [2.45, 2.75) is 24.4 Å². The maximum atomic E-state index is 13.9. The number of hydrogen-bond donors (Lipinski definition) is 1. The monoisotopic (exact) mass is 326 g/mol. The van der Waals surface area contributed by atoms with E-state index >= 15 is 0 Å². The van der Waals surface area contributed by atoms with Crippen molar-refractivity contribution in [2.75, 3.05) is 0 Å². The van der Waals surface area contributed by atoms with E-state index in [9.17, 15) is 13.2 Å². The Labute approximate surface area is 129 Å². The number of thioether (sulfide) groups is 1. The van der Waals surface area contributed by atoms with E-state index in [-0.39, 0.29) is 17.4 Å². The molecule has 116 valence electrons. The van der Waals surface area contributed by atoms with Crippen LogP contribution in [0.3, 0.4) is 0 Å². The van der Waals surface area contributed by atoms with Gasteiger partial charge in [-0.1, -0.05) is 6.07 Å². The normalized spacial score (nSPS) is 21.1. The fourth-order valence-corrected chi connectivity index (χ4v) is 3.30. The van der Waals surface area contributed by atoms with Crippen LogP contribution in [0.15, 0.2) is 41.8 Å². The van der Waals surface area contributed by atoms with Crippen LogP contribution < -0.4 is 0 Å². The summed E-state index contributed by atoms with van der Waals surface area (Å²) in [6.07, 6.45) is 2.94. The molecule has 0 radical (unpaired) electrons. The lowest BCUT2D eigenvalue weighted by Crippen LogP contribution is -2.26. The van der Waals surface area contributed by atoms with Crippen LogP contribution in [0, 0.1) is 11.6 Å². The Morgan fingerprint density at radius 1 is 1.23 bits per heavy atom. The van der Waals surface area contributed by atoms with Gasteiger partial charge in [-0.15, -0.1) is 11.8 Å². The van der Waals surface area contributed by atoms with Crippen LogP contribution in [0.5, 0.6) is 0 Å². The summed E-state index contributed by atoms with van der Waals surface area (Å²) in [6.45, 7) is -0.320. The number of hydrogen-bond acceptors (Lipinski definition) is 3. The highest BCUT2D eigenvalue weighted by atomic mass is 32.2. The number of nitrogens with one attached hydrogen (secondary N) is 1. The van der Waals surface area contributed by atoms with Crippen LogP contribution in [0.1, 0.15) is 11.4 Å². The first kappa shape index (κ1) is 15.2. The highest BCUT2D eigenvalue weighted by Gasteiger charge is 2.33. The molecule has 22 heavy (non-hydrogen) atoms. The molecular weight excluding hydrogens is 313 g/mol. The summed E-state index contributed by atoms with van der Waals surface area (Å²) in [5.41, 5.74) is -0.191. The van der Waals surface area contributed by atoms with Crippen molar-refractivity contribution in [2.24, 2.45) is 0 Å². The van der Waals surface area contributed by atoms with Gasteiger partial charge in [-0.25, -0.2) is 18.2 Å². The van der Waals surface area contributed by atoms with Gasteiger partial charge in [0, 0.05) is 35.0 Å². The zero-order valence-corrected chi connectivity index (χ0v) is 12.2. The lowest BCUT2D eigenvalue weighted by Gasteiger charge is -2.19. The maximum absolute atomic E-state index is 13.9. The molecule has 0 amide bonds. The molecule has 1 aromatic heterocycles. The van der Waals surface area contributed by atoms with Crippen LogP contribution in [-0.2, 0) is 17.8 Å². The second-order valence-electron chi connectivity index (χ2n) is 4.85. The minimum Gasteiger partial charge on any atom is -0.365 e. The lowest BCUT2D eigenvalue weighted by molar-refractivity contribution is 0.0476. The minimum atomic E-state index is -0.839. The second kappa shape index (κ2) is 6.58. The zero-order chi connectivity index (χ0) is 15.5. The second-order valence-corrected chi connectivity index (χ2v) is 5.96. The molecule has 7 heteroatoms. The van der Waals surface area contributed by atoms with Gasteiger partial charge in [0.1, 0.15) is 29.4 Å². The molecule has 0 aliphatic carbocycles. The summed E-state index contributed by atoms with van der Waals surface area (Å²) >= 11 is 1.29. The molecule has 0 fully saturated rings. The van der Waals surface area contributed by atoms with Gasteiger partial charge >= 0.3 is 0 Å². The quantitative estimate of drug-likeness (QED) is 0.909. The van der Waals surface area contributed by atoms with Crippen molar-refractivity contribution in [3.63, 3.8) is 0 Å². The molecule has 3 nitrogen and oxygen atoms in total. The molecule has 0 saturated heterocycles. The van der Waals surface area contributed by atoms with Gasteiger partial charge in [0.25, 0.3) is 0 Å². The van der Waals surface area contributed by atoms with Crippen LogP contribution in [0.25, 0.3) is 0 Å². The predicted molar refractivity (Wildman–Crippen MR) is 77.8 cm³/mol. The third-order valence-corrected chi connectivity index (χ3v) is 4.51. The van der Waals surface area contributed by atoms with Crippen molar-refractivity contribution in [3.05, 3.63) is 64.9 Å². The molecule has 2 atom stereocenters. The van der Waals surface area contributed by atoms with Gasteiger partial charge in [0.2, 0.25) is 0 Å². The molecule has 0 bridgehead atoms. The number of imidazole rings is 1. The Morgan fingerprint density at radius 3 is 2.68 bits per heavy atom. The molecular formula is C15H13F3N2OS. The Hall–Kier alpha value is -1.73. The lowest BCUT2D eigenvalue weighted by atomic mass is 10.1. The van der Waals surface area contributed by atoms with E-state index in [2.05, 4.69) is 9.97 Å². The van der Waals surface area contributed by atoms with Crippen LogP contribution in [-0.4, -0.2) is 21.3 Å². The number of halogens is 3. The molecule has 2 heterocycles. The van der Waals surface area contributed by atoms with Gasteiger partial charge in [-0.05, 0) is 12.1 Å². The van der Waals surface area contributed by atoms with Gasteiger partial charge in [0.15, 0.2) is 0 Å². The maximum Gasteiger partial charge on any atom is 0.136 e. The van der Waals surface area contributed by atoms with Crippen LogP contribution in [0.4, 0.5) is 13.2 Å². The smallest absolute Gasteiger partial charge is 0.136 e. The Kier molecular flexibility index (Phi) is 4.54. The molecule has 0 saturated carbocycles. The standard InChI is InChI=1S/C15H13F3N2OS/c16-10-2-1-3-11(17)9(10)7-21-15-12(18)8-22-13(15)6-14-19-4-5-20-14/h1-5,8,13,15H,6-7H2,(H,19,20)/t13-,15-/m0/s1. The van der Waals surface area contributed by atoms with Crippen molar-refractivity contribution in [1.29, 1.82) is 0 Å². The summed E-state index contributed by atoms with van der Waals surface area (Å²) in [5, 5.41) is 1.15. The van der Waals surface area contributed by atoms with E-state index in [1.54, 1.807) is 12.4 Å². The molecule has 2 aromatic rings. The topological polar surface area (TPSA) is 37.9 Å². The van der Waals surface area contributed by atoms with E-state index in [1.807, 2.05) is 0 Å². The van der Waals surface area contributed by atoms with Crippen molar-refractivity contribution >= 4 is 11.8 Å². The Morgan fingerprint density at radius 2 is 2.00 bits per heavy atom. The number of ether oxygens (including phenoxy) is 1. The molecule has 0 unspecified atom stereocenters. The molecule has 1 aliphatic rings. The summed E-state index contributed by atoms with van der Waals surface area (Å²) < 4.78 is 46.5. The van der Waals surface area contributed by atoms with E-state index in [1.165, 1.54) is 23.2 Å². The Bertz CT molecular complexity index is 655. The number of aromatic nitrogens is 2. The van der Waals surface area contributed by atoms with E-state index in [4.69, 9.17) is 4.74 Å². The van der Waals surface area contributed by atoms with Crippen LogP contribution >= 0.6 is 11.8 Å². The third-order valence-electron chi connectivity index (χ3n) is 3.38. The fourth-order valence-electron chi connectivity index (χ4n) is 2.25. The number of aromatic amines is 1. The largest absolute Gasteiger partial charge is 0.365 e. The first-order chi connectivity index (χ1) is 10.6. The van der Waals surface area contributed by atoms with Gasteiger partial charge < -0.3 is 9.72 Å². The third kappa shape index (κ3) is 3.20. The highest BCUT2D eigenvalue weighted by molar-refractivity contribution is 8.03. The van der Waals surface area contributed by atoms with Crippen molar-refractivity contribution < 1.29 is 17.9 Å². The Balaban J connectivity index is 1.68. The van der Waals surface area contributed by atoms with Crippen LogP contribution in [0.2, 0.25) is 0 Å². The minimum absolute atomic E-state index is 0.191. The number of H-pyrrole nitrogens is 1. The SMILES string of the molecule is FC1=CS[C@@H](Cc2ncc[nH]2)[C@H]1OCc1c(F)cccc1F. The van der Waals surface area contributed by atoms with E-state index in [0.717, 1.165) is 12.1 Å². The summed E-state index contributed by atoms with van der Waals surface area (Å²) in [5.74, 6) is -1.11. The summed E-state index contributed by atoms with van der Waals surface area (Å²) in [7, 11) is 0. The fraction of sp³-hybridized carbons (Fsp3) is 0.267. The van der Waals surface area contributed by atoms with Crippen molar-refractivity contribution in [3.8, 4) is 0 Å². The molecule has 3 rings (SSSR count). The average molecular weight is 326 g/mol. The number of benzene rings is 1. The predicted octanol–water partition coefficient (Wildman–Crippen LogP) is 3.74. The number of nitrogens with zero attached hydrogens (tertiary/aromatic N) is 1. The molecule has 0 spiro atoms. The van der Waals surface area contributed by atoms with Crippen molar-refractivity contribution in [1.82, 2.24) is 9.97 Å². The highest BCUT2D eigenvalue weighted by Crippen LogP contribution is 2.35. The van der Waals surface area contributed by atoms with E-state index < -0.39 is 23.6 Å². The van der Waals surface area contributed by atoms with Gasteiger partial charge in [-0.3, -0.25) is 0 Å². The van der Waals surface area contributed by atoms with Gasteiger partial charge in [-0.2, -0.15) is 0 Å². The molecule has 1 aromatic carbocycles. The molecule has 1 N–H and O–H groups in total. The molecule has 1 aliphatic heterocycles. The van der Waals surface area contributed by atoms with Gasteiger partial charge in [0.05, 0.1) is 6.61 Å². The first-order valence-corrected chi connectivity index (χ1v) is 7.63. The number of rotatable bonds is 5. The first-order valence-electron chi connectivity index (χ1n) is 6.69. The summed E-state index contributed by atoms with van der Waals surface area (Å²) in [6, 6.07) is 3.58. The average Bonchev–Trinajstić information content (AvgIpc) is 3.11. The summed E-state index contributed by atoms with van der Waals surface area (Å²) in [4.78, 5) is 7.04. The van der Waals surface area contributed by atoms with E-state index in [0.29, 0.717) is 12.2 Å².